The van der Waals surface area contributed by atoms with Crippen molar-refractivity contribution in [2.24, 2.45) is 0 Å². The molecule has 0 unspecified atom stereocenters. The number of amides is 1. The van der Waals surface area contributed by atoms with Crippen molar-refractivity contribution in [3.63, 3.8) is 0 Å². The lowest BCUT2D eigenvalue weighted by Crippen LogP contribution is -2.51. The van der Waals surface area contributed by atoms with Crippen molar-refractivity contribution >= 4 is 34.9 Å². The normalized spacial score (nSPS) is 15.0. The molecular weight excluding hydrogens is 608 g/mol. The van der Waals surface area contributed by atoms with Crippen LogP contribution in [0.25, 0.3) is 33.6 Å². The van der Waals surface area contributed by atoms with E-state index in [1.807, 2.05) is 27.7 Å². The zero-order chi connectivity index (χ0) is 31.5. The van der Waals surface area contributed by atoms with E-state index >= 15 is 0 Å². The van der Waals surface area contributed by atoms with Crippen molar-refractivity contribution in [3.05, 3.63) is 85.9 Å². The van der Waals surface area contributed by atoms with E-state index in [0.717, 1.165) is 5.57 Å². The van der Waals surface area contributed by atoms with Gasteiger partial charge < -0.3 is 15.0 Å². The molecule has 1 N–H and O–H groups in total. The Bertz CT molecular complexity index is 1770. The number of aromatic nitrogens is 3. The van der Waals surface area contributed by atoms with Gasteiger partial charge in [0.2, 0.25) is 0 Å². The summed E-state index contributed by atoms with van der Waals surface area (Å²) in [6, 6.07) is 9.54. The van der Waals surface area contributed by atoms with Gasteiger partial charge >= 0.3 is 0 Å². The Labute approximate surface area is 263 Å². The Kier molecular flexibility index (Phi) is 9.57. The van der Waals surface area contributed by atoms with E-state index in [1.54, 1.807) is 40.6 Å². The Morgan fingerprint density at radius 1 is 1.25 bits per heavy atom. The van der Waals surface area contributed by atoms with E-state index < -0.39 is 12.0 Å². The minimum atomic E-state index is -2.68. The summed E-state index contributed by atoms with van der Waals surface area (Å²) in [6.45, 7) is 9.73. The molecule has 0 saturated carbocycles. The minimum Gasteiger partial charge on any atom is -0.494 e. The summed E-state index contributed by atoms with van der Waals surface area (Å²) in [5.74, 6) is 0.300. The second kappa shape index (κ2) is 13.4. The van der Waals surface area contributed by atoms with Crippen LogP contribution in [0.4, 0.5) is 8.78 Å². The molecule has 0 aliphatic carbocycles. The van der Waals surface area contributed by atoms with Gasteiger partial charge in [0.15, 0.2) is 0 Å². The zero-order valence-electron chi connectivity index (χ0n) is 24.7. The lowest BCUT2D eigenvalue weighted by atomic mass is 10.0. The average molecular weight is 640 g/mol. The molecule has 8 nitrogen and oxygen atoms in total. The van der Waals surface area contributed by atoms with Gasteiger partial charge in [-0.15, -0.1) is 11.3 Å². The van der Waals surface area contributed by atoms with Crippen LogP contribution in [0.2, 0.25) is 5.02 Å². The van der Waals surface area contributed by atoms with E-state index in [0.29, 0.717) is 70.2 Å². The molecule has 1 aromatic carbocycles. The van der Waals surface area contributed by atoms with Crippen LogP contribution >= 0.6 is 22.9 Å². The van der Waals surface area contributed by atoms with Crippen molar-refractivity contribution in [1.29, 1.82) is 0 Å². The average Bonchev–Trinajstić information content (AvgIpc) is 3.48. The molecule has 230 valence electrons. The molecule has 44 heavy (non-hydrogen) atoms. The number of carbonyl (C=O) groups is 1. The smallest absolute Gasteiger partial charge is 0.280 e. The van der Waals surface area contributed by atoms with Crippen molar-refractivity contribution in [1.82, 2.24) is 24.8 Å². The summed E-state index contributed by atoms with van der Waals surface area (Å²) in [5.41, 5.74) is 2.40. The highest BCUT2D eigenvalue weighted by Crippen LogP contribution is 2.33. The van der Waals surface area contributed by atoms with E-state index in [-0.39, 0.29) is 23.2 Å². The van der Waals surface area contributed by atoms with Crippen LogP contribution in [-0.4, -0.2) is 57.6 Å². The number of ether oxygens (including phenoxy) is 1. The SMILES string of the molecule is CCOc1ccc(Cl)c(-n2c(C=C(C)C)c(C(=O)N3CCN[C@@H](C)C3)cc(-c3nc(-c4ccc(C(F)F)nc4)cs3)c2=O)c1. The van der Waals surface area contributed by atoms with Crippen molar-refractivity contribution < 1.29 is 18.3 Å². The van der Waals surface area contributed by atoms with Gasteiger partial charge in [-0.05, 0) is 64.1 Å². The van der Waals surface area contributed by atoms with Crippen LogP contribution in [0.3, 0.4) is 0 Å². The molecule has 1 aliphatic heterocycles. The van der Waals surface area contributed by atoms with Gasteiger partial charge in [0.05, 0.1) is 39.8 Å². The van der Waals surface area contributed by atoms with Crippen LogP contribution in [0.15, 0.2) is 58.3 Å². The maximum atomic E-state index is 14.4. The maximum Gasteiger partial charge on any atom is 0.280 e. The molecule has 0 bridgehead atoms. The Morgan fingerprint density at radius 2 is 2.05 bits per heavy atom. The first kappa shape index (κ1) is 31.5. The van der Waals surface area contributed by atoms with E-state index in [4.69, 9.17) is 16.3 Å². The third-order valence-electron chi connectivity index (χ3n) is 7.06. The summed E-state index contributed by atoms with van der Waals surface area (Å²) in [6.07, 6.45) is 0.448. The maximum absolute atomic E-state index is 14.4. The summed E-state index contributed by atoms with van der Waals surface area (Å²) in [4.78, 5) is 38.9. The Hall–Kier alpha value is -3.93. The number of nitrogens with zero attached hydrogens (tertiary/aromatic N) is 4. The molecule has 4 heterocycles. The van der Waals surface area contributed by atoms with E-state index in [9.17, 15) is 18.4 Å². The number of hydrogen-bond donors (Lipinski definition) is 1. The second-order valence-corrected chi connectivity index (χ2v) is 11.9. The first-order valence-electron chi connectivity index (χ1n) is 14.2. The summed E-state index contributed by atoms with van der Waals surface area (Å²) >= 11 is 7.92. The second-order valence-electron chi connectivity index (χ2n) is 10.7. The molecule has 12 heteroatoms. The fraction of sp³-hybridized carbons (Fsp3) is 0.312. The zero-order valence-corrected chi connectivity index (χ0v) is 26.3. The highest BCUT2D eigenvalue weighted by molar-refractivity contribution is 7.13. The third kappa shape index (κ3) is 6.59. The van der Waals surface area contributed by atoms with Crippen LogP contribution in [0, 0.1) is 0 Å². The van der Waals surface area contributed by atoms with Gasteiger partial charge in [-0.2, -0.15) is 0 Å². The number of rotatable bonds is 8. The predicted octanol–water partition coefficient (Wildman–Crippen LogP) is 6.87. The molecule has 3 aromatic heterocycles. The van der Waals surface area contributed by atoms with Crippen LogP contribution in [-0.2, 0) is 0 Å². The summed E-state index contributed by atoms with van der Waals surface area (Å²) in [7, 11) is 0. The summed E-state index contributed by atoms with van der Waals surface area (Å²) < 4.78 is 33.3. The lowest BCUT2D eigenvalue weighted by Gasteiger charge is -2.32. The highest BCUT2D eigenvalue weighted by Gasteiger charge is 2.28. The lowest BCUT2D eigenvalue weighted by molar-refractivity contribution is 0.0708. The Morgan fingerprint density at radius 3 is 2.70 bits per heavy atom. The highest BCUT2D eigenvalue weighted by atomic mass is 35.5. The van der Waals surface area contributed by atoms with Gasteiger partial charge in [0.1, 0.15) is 16.5 Å². The molecule has 1 fully saturated rings. The number of benzene rings is 1. The molecule has 0 spiro atoms. The number of allylic oxidation sites excluding steroid dienone is 1. The van der Waals surface area contributed by atoms with Crippen LogP contribution < -0.4 is 15.6 Å². The number of piperazine rings is 1. The van der Waals surface area contributed by atoms with Crippen molar-refractivity contribution in [2.75, 3.05) is 26.2 Å². The number of nitrogens with one attached hydrogen (secondary N) is 1. The van der Waals surface area contributed by atoms with Crippen molar-refractivity contribution in [3.8, 4) is 33.3 Å². The monoisotopic (exact) mass is 639 g/mol. The third-order valence-corrected chi connectivity index (χ3v) is 8.26. The van der Waals surface area contributed by atoms with Gasteiger partial charge in [-0.3, -0.25) is 19.1 Å². The largest absolute Gasteiger partial charge is 0.494 e. The first-order chi connectivity index (χ1) is 21.1. The number of halogens is 3. The predicted molar refractivity (Wildman–Crippen MR) is 170 cm³/mol. The fourth-order valence-corrected chi connectivity index (χ4v) is 6.07. The molecule has 0 radical (unpaired) electrons. The van der Waals surface area contributed by atoms with E-state index in [1.165, 1.54) is 34.2 Å². The number of carbonyl (C=O) groups excluding carboxylic acids is 1. The van der Waals surface area contributed by atoms with E-state index in [2.05, 4.69) is 15.3 Å². The first-order valence-corrected chi connectivity index (χ1v) is 15.4. The number of hydrogen-bond acceptors (Lipinski definition) is 7. The number of pyridine rings is 2. The van der Waals surface area contributed by atoms with Crippen LogP contribution in [0.5, 0.6) is 5.75 Å². The standard InChI is InChI=1S/C32H32ClF2N5O3S/c1-5-43-21-7-8-24(33)28(13-21)40-27(12-18(2)3)22(31(41)39-11-10-36-19(4)16-39)14-23(32(40)42)30-38-26(17-44-30)20-6-9-25(29(34)35)37-15-20/h6-9,12-15,17,19,29,36H,5,10-11,16H2,1-4H3/t19-/m0/s1. The number of alkyl halides is 2. The topological polar surface area (TPSA) is 89.3 Å². The molecule has 1 atom stereocenters. The number of thiazole rings is 1. The molecular formula is C32H32ClF2N5O3S. The molecule has 1 aliphatic rings. The summed E-state index contributed by atoms with van der Waals surface area (Å²) in [5, 5.41) is 5.74. The molecule has 1 amide bonds. The van der Waals surface area contributed by atoms with Gasteiger partial charge in [0.25, 0.3) is 17.9 Å². The molecule has 4 aromatic rings. The van der Waals surface area contributed by atoms with Gasteiger partial charge in [-0.25, -0.2) is 13.8 Å². The van der Waals surface area contributed by atoms with Crippen LogP contribution in [0.1, 0.15) is 55.9 Å². The quantitative estimate of drug-likeness (QED) is 0.226. The van der Waals surface area contributed by atoms with Gasteiger partial charge in [0, 0.05) is 48.9 Å². The molecule has 5 rings (SSSR count). The molecule has 1 saturated heterocycles. The van der Waals surface area contributed by atoms with Gasteiger partial charge in [-0.1, -0.05) is 17.2 Å². The Balaban J connectivity index is 1.75. The minimum absolute atomic E-state index is 0.105. The fourth-order valence-electron chi connectivity index (χ4n) is 5.03. The van der Waals surface area contributed by atoms with Crippen molar-refractivity contribution in [2.45, 2.75) is 40.2 Å².